The molecule has 24 heavy (non-hydrogen) atoms. The van der Waals surface area contributed by atoms with Crippen molar-refractivity contribution in [1.82, 2.24) is 0 Å². The molecular formula is C21H34ClNS. The van der Waals surface area contributed by atoms with E-state index in [4.69, 9.17) is 5.26 Å². The van der Waals surface area contributed by atoms with Gasteiger partial charge in [0.2, 0.25) is 0 Å². The largest absolute Gasteiger partial charge is 1.00 e. The molecule has 0 aliphatic rings. The predicted molar refractivity (Wildman–Crippen MR) is 105 cm³/mol. The Kier molecular flexibility index (Phi) is 16.7. The van der Waals surface area contributed by atoms with Crippen LogP contribution in [-0.4, -0.2) is 12.0 Å². The normalized spacial score (nSPS) is 11.5. The van der Waals surface area contributed by atoms with E-state index in [1.54, 1.807) is 0 Å². The van der Waals surface area contributed by atoms with Crippen molar-refractivity contribution in [2.75, 3.05) is 12.0 Å². The van der Waals surface area contributed by atoms with E-state index in [1.165, 1.54) is 82.6 Å². The van der Waals surface area contributed by atoms with Crippen molar-refractivity contribution in [3.05, 3.63) is 35.9 Å². The lowest BCUT2D eigenvalue weighted by atomic mass is 10.0. The van der Waals surface area contributed by atoms with Crippen LogP contribution in [0.5, 0.6) is 0 Å². The van der Waals surface area contributed by atoms with Gasteiger partial charge in [0.05, 0.1) is 10.9 Å². The highest BCUT2D eigenvalue weighted by Crippen LogP contribution is 2.13. The van der Waals surface area contributed by atoms with Gasteiger partial charge in [-0.15, -0.1) is 5.26 Å². The Morgan fingerprint density at radius 3 is 1.71 bits per heavy atom. The lowest BCUT2D eigenvalue weighted by Crippen LogP contribution is -3.00. The molecule has 0 radical (unpaired) electrons. The smallest absolute Gasteiger partial charge is 0.318 e. The van der Waals surface area contributed by atoms with Crippen LogP contribution < -0.4 is 12.4 Å². The standard InChI is InChI=1S/C21H34NS.ClH/c1-23(20-22)19-15-10-8-6-4-2-3-5-7-9-12-16-21-17-13-11-14-18-21;/h11,13-14,17-18H,2-10,12,15-16,19H2,1H3;1H/q+1;/p-1. The number of hydrogen-bond donors (Lipinski definition) is 0. The molecule has 1 rings (SSSR count). The first-order chi connectivity index (χ1) is 11.3. The van der Waals surface area contributed by atoms with E-state index in [2.05, 4.69) is 42.0 Å². The van der Waals surface area contributed by atoms with Crippen molar-refractivity contribution in [3.63, 3.8) is 0 Å². The number of benzene rings is 1. The zero-order valence-corrected chi connectivity index (χ0v) is 16.9. The van der Waals surface area contributed by atoms with Crippen molar-refractivity contribution in [3.8, 4) is 5.40 Å². The number of thiocyanates is 1. The topological polar surface area (TPSA) is 23.8 Å². The van der Waals surface area contributed by atoms with Gasteiger partial charge in [-0.3, -0.25) is 0 Å². The number of unbranched alkanes of at least 4 members (excludes halogenated alkanes) is 10. The predicted octanol–water partition coefficient (Wildman–Crippen LogP) is 3.25. The molecule has 0 saturated heterocycles. The van der Waals surface area contributed by atoms with Gasteiger partial charge in [0.15, 0.2) is 0 Å². The second-order valence-electron chi connectivity index (χ2n) is 6.56. The van der Waals surface area contributed by atoms with Gasteiger partial charge in [0.25, 0.3) is 0 Å². The van der Waals surface area contributed by atoms with E-state index in [0.717, 1.165) is 5.75 Å². The molecule has 0 aromatic heterocycles. The number of aryl methyl sites for hydroxylation is 1. The highest BCUT2D eigenvalue weighted by molar-refractivity contribution is 8.00. The molecule has 1 aromatic rings. The molecular weight excluding hydrogens is 334 g/mol. The third kappa shape index (κ3) is 13.8. The van der Waals surface area contributed by atoms with Gasteiger partial charge in [0.1, 0.15) is 12.0 Å². The number of nitrogens with zero attached hydrogens (tertiary/aromatic N) is 1. The van der Waals surface area contributed by atoms with E-state index >= 15 is 0 Å². The molecule has 0 heterocycles. The van der Waals surface area contributed by atoms with Crippen molar-refractivity contribution in [2.24, 2.45) is 0 Å². The Balaban J connectivity index is 0.00000529. The second-order valence-corrected chi connectivity index (χ2v) is 8.42. The zero-order valence-electron chi connectivity index (χ0n) is 15.3. The lowest BCUT2D eigenvalue weighted by Gasteiger charge is -2.03. The van der Waals surface area contributed by atoms with Crippen LogP contribution in [0.4, 0.5) is 0 Å². The van der Waals surface area contributed by atoms with Crippen LogP contribution in [0, 0.1) is 10.7 Å². The molecule has 136 valence electrons. The molecule has 0 fully saturated rings. The second kappa shape index (κ2) is 17.2. The van der Waals surface area contributed by atoms with Gasteiger partial charge in [0, 0.05) is 0 Å². The fourth-order valence-electron chi connectivity index (χ4n) is 2.93. The van der Waals surface area contributed by atoms with Gasteiger partial charge >= 0.3 is 5.40 Å². The first kappa shape index (κ1) is 23.4. The summed E-state index contributed by atoms with van der Waals surface area (Å²) in [5.41, 5.74) is 1.48. The third-order valence-electron chi connectivity index (χ3n) is 4.41. The summed E-state index contributed by atoms with van der Waals surface area (Å²) in [6.07, 6.45) is 18.4. The van der Waals surface area contributed by atoms with Gasteiger partial charge in [-0.1, -0.05) is 81.7 Å². The van der Waals surface area contributed by atoms with Gasteiger partial charge in [-0.05, 0) is 31.2 Å². The van der Waals surface area contributed by atoms with Crippen LogP contribution in [0.3, 0.4) is 0 Å². The minimum atomic E-state index is 0. The molecule has 1 aromatic carbocycles. The van der Waals surface area contributed by atoms with E-state index in [0.29, 0.717) is 0 Å². The van der Waals surface area contributed by atoms with Crippen LogP contribution in [0.15, 0.2) is 30.3 Å². The minimum Gasteiger partial charge on any atom is -1.00 e. The Hall–Kier alpha value is -0.650. The van der Waals surface area contributed by atoms with Crippen LogP contribution in [0.25, 0.3) is 0 Å². The summed E-state index contributed by atoms with van der Waals surface area (Å²) in [5.74, 6) is 1.11. The molecule has 0 aliphatic carbocycles. The molecule has 1 unspecified atom stereocenters. The SMILES string of the molecule is C[S+](C#N)CCCCCCCCCCCCCc1ccccc1.[Cl-]. The fraction of sp³-hybridized carbons (Fsp3) is 0.667. The maximum atomic E-state index is 8.73. The third-order valence-corrected chi connectivity index (χ3v) is 5.63. The highest BCUT2D eigenvalue weighted by Gasteiger charge is 2.07. The first-order valence-corrected chi connectivity index (χ1v) is 11.2. The van der Waals surface area contributed by atoms with Gasteiger partial charge < -0.3 is 12.4 Å². The molecule has 0 aliphatic heterocycles. The summed E-state index contributed by atoms with van der Waals surface area (Å²) < 4.78 is 0. The zero-order chi connectivity index (χ0) is 16.6. The van der Waals surface area contributed by atoms with Crippen molar-refractivity contribution in [1.29, 1.82) is 5.26 Å². The van der Waals surface area contributed by atoms with Crippen LogP contribution in [-0.2, 0) is 17.3 Å². The summed E-state index contributed by atoms with van der Waals surface area (Å²) in [4.78, 5) is 0. The molecule has 1 nitrogen and oxygen atoms in total. The van der Waals surface area contributed by atoms with Crippen LogP contribution in [0.2, 0.25) is 0 Å². The number of halogens is 1. The monoisotopic (exact) mass is 367 g/mol. The summed E-state index contributed by atoms with van der Waals surface area (Å²) in [5, 5.41) is 11.1. The van der Waals surface area contributed by atoms with Crippen molar-refractivity contribution >= 4 is 10.9 Å². The van der Waals surface area contributed by atoms with Gasteiger partial charge in [-0.2, -0.15) is 0 Å². The first-order valence-electron chi connectivity index (χ1n) is 9.39. The Bertz CT molecular complexity index is 416. The Morgan fingerprint density at radius 1 is 0.750 bits per heavy atom. The van der Waals surface area contributed by atoms with E-state index < -0.39 is 0 Å². The fourth-order valence-corrected chi connectivity index (χ4v) is 3.66. The molecule has 0 N–H and O–H groups in total. The Labute approximate surface area is 159 Å². The van der Waals surface area contributed by atoms with Crippen molar-refractivity contribution in [2.45, 2.75) is 77.0 Å². The molecule has 0 amide bonds. The summed E-state index contributed by atoms with van der Waals surface area (Å²) in [6, 6.07) is 10.8. The minimum absolute atomic E-state index is 0. The molecule has 0 bridgehead atoms. The Morgan fingerprint density at radius 2 is 1.21 bits per heavy atom. The molecule has 1 atom stereocenters. The lowest BCUT2D eigenvalue weighted by molar-refractivity contribution is -0.00000517. The number of rotatable bonds is 14. The van der Waals surface area contributed by atoms with E-state index in [-0.39, 0.29) is 23.3 Å². The maximum Gasteiger partial charge on any atom is 0.318 e. The maximum absolute atomic E-state index is 8.73. The summed E-state index contributed by atoms with van der Waals surface area (Å²) in [7, 11) is 0.00164. The molecule has 3 heteroatoms. The summed E-state index contributed by atoms with van der Waals surface area (Å²) in [6.45, 7) is 0. The highest BCUT2D eigenvalue weighted by atomic mass is 35.5. The molecule has 0 saturated carbocycles. The van der Waals surface area contributed by atoms with Gasteiger partial charge in [-0.25, -0.2) is 0 Å². The number of nitriles is 1. The molecule has 0 spiro atoms. The van der Waals surface area contributed by atoms with Crippen LogP contribution in [0.1, 0.15) is 76.2 Å². The average molecular weight is 368 g/mol. The summed E-state index contributed by atoms with van der Waals surface area (Å²) >= 11 is 0. The van der Waals surface area contributed by atoms with E-state index in [1.807, 2.05) is 0 Å². The number of hydrogen-bond acceptors (Lipinski definition) is 1. The van der Waals surface area contributed by atoms with E-state index in [9.17, 15) is 0 Å². The quantitative estimate of drug-likeness (QED) is 0.281. The average Bonchev–Trinajstić information content (AvgIpc) is 2.59. The van der Waals surface area contributed by atoms with Crippen LogP contribution >= 0.6 is 0 Å². The van der Waals surface area contributed by atoms with Crippen molar-refractivity contribution < 1.29 is 12.4 Å².